The van der Waals surface area contributed by atoms with E-state index in [9.17, 15) is 4.79 Å². The van der Waals surface area contributed by atoms with Gasteiger partial charge in [0.2, 0.25) is 0 Å². The van der Waals surface area contributed by atoms with E-state index < -0.39 is 0 Å². The van der Waals surface area contributed by atoms with Gasteiger partial charge in [-0.05, 0) is 34.8 Å². The zero-order valence-corrected chi connectivity index (χ0v) is 12.0. The zero-order chi connectivity index (χ0) is 13.2. The number of hydrogen-bond acceptors (Lipinski definition) is 2. The van der Waals surface area contributed by atoms with Crippen LogP contribution in [0.4, 0.5) is 0 Å². The number of imidazole rings is 1. The molecule has 5 nitrogen and oxygen atoms in total. The molecule has 0 radical (unpaired) electrons. The maximum absolute atomic E-state index is 12.4. The number of hydrogen-bond donors (Lipinski definition) is 1. The van der Waals surface area contributed by atoms with Gasteiger partial charge in [0, 0.05) is 36.2 Å². The number of halogens is 1. The number of aromatic nitrogens is 3. The van der Waals surface area contributed by atoms with Gasteiger partial charge in [0.05, 0.1) is 12.4 Å². The second kappa shape index (κ2) is 5.21. The van der Waals surface area contributed by atoms with Crippen molar-refractivity contribution in [3.63, 3.8) is 0 Å². The van der Waals surface area contributed by atoms with Gasteiger partial charge in [0.1, 0.15) is 5.69 Å². The molecular formula is C13H15BrN4O. The van der Waals surface area contributed by atoms with Crippen LogP contribution in [0.3, 0.4) is 0 Å². The fourth-order valence-electron chi connectivity index (χ4n) is 2.53. The summed E-state index contributed by atoms with van der Waals surface area (Å²) in [6.07, 6.45) is 9.46. The molecule has 1 N–H and O–H groups in total. The minimum Gasteiger partial charge on any atom is -0.356 e. The van der Waals surface area contributed by atoms with Crippen LogP contribution in [-0.2, 0) is 0 Å². The molecule has 1 amide bonds. The van der Waals surface area contributed by atoms with Crippen molar-refractivity contribution in [3.05, 3.63) is 41.2 Å². The molecule has 0 aliphatic carbocycles. The molecule has 100 valence electrons. The number of likely N-dealkylation sites (tertiary alicyclic amines) is 1. The first-order valence-corrected chi connectivity index (χ1v) is 7.14. The number of nitrogens with zero attached hydrogens (tertiary/aromatic N) is 3. The van der Waals surface area contributed by atoms with Crippen molar-refractivity contribution in [2.75, 3.05) is 13.1 Å². The predicted molar refractivity (Wildman–Crippen MR) is 74.9 cm³/mol. The molecule has 0 spiro atoms. The number of aromatic amines is 1. The third-order valence-corrected chi connectivity index (χ3v) is 3.97. The summed E-state index contributed by atoms with van der Waals surface area (Å²) >= 11 is 3.35. The van der Waals surface area contributed by atoms with Crippen LogP contribution in [0.15, 0.2) is 35.5 Å². The molecule has 19 heavy (non-hydrogen) atoms. The van der Waals surface area contributed by atoms with Crippen molar-refractivity contribution >= 4 is 21.8 Å². The summed E-state index contributed by atoms with van der Waals surface area (Å²) in [5.74, 6) is 0.0653. The quantitative estimate of drug-likeness (QED) is 0.923. The first kappa shape index (κ1) is 12.5. The van der Waals surface area contributed by atoms with E-state index in [0.717, 1.165) is 30.4 Å². The molecule has 1 fully saturated rings. The summed E-state index contributed by atoms with van der Waals surface area (Å²) in [4.78, 5) is 21.4. The van der Waals surface area contributed by atoms with Crippen LogP contribution in [-0.4, -0.2) is 38.4 Å². The Morgan fingerprint density at radius 2 is 2.42 bits per heavy atom. The van der Waals surface area contributed by atoms with E-state index in [2.05, 4.69) is 30.5 Å². The van der Waals surface area contributed by atoms with E-state index in [4.69, 9.17) is 0 Å². The van der Waals surface area contributed by atoms with Gasteiger partial charge in [0.25, 0.3) is 5.91 Å². The van der Waals surface area contributed by atoms with Crippen LogP contribution in [0.25, 0.3) is 0 Å². The molecule has 0 saturated carbocycles. The van der Waals surface area contributed by atoms with Crippen LogP contribution in [0.5, 0.6) is 0 Å². The summed E-state index contributed by atoms with van der Waals surface area (Å²) in [5.41, 5.74) is 0.637. The lowest BCUT2D eigenvalue weighted by Gasteiger charge is -2.33. The van der Waals surface area contributed by atoms with Gasteiger partial charge in [-0.2, -0.15) is 0 Å². The highest BCUT2D eigenvalue weighted by atomic mass is 79.9. The van der Waals surface area contributed by atoms with Gasteiger partial charge in [-0.15, -0.1) is 0 Å². The molecule has 1 aliphatic heterocycles. The molecule has 1 unspecified atom stereocenters. The van der Waals surface area contributed by atoms with E-state index >= 15 is 0 Å². The van der Waals surface area contributed by atoms with Gasteiger partial charge in [0.15, 0.2) is 0 Å². The van der Waals surface area contributed by atoms with Crippen LogP contribution in [0.1, 0.15) is 29.4 Å². The highest BCUT2D eigenvalue weighted by Crippen LogP contribution is 2.23. The van der Waals surface area contributed by atoms with Crippen molar-refractivity contribution in [1.29, 1.82) is 0 Å². The highest BCUT2D eigenvalue weighted by Gasteiger charge is 2.25. The van der Waals surface area contributed by atoms with Crippen molar-refractivity contribution in [2.45, 2.75) is 18.9 Å². The smallest absolute Gasteiger partial charge is 0.270 e. The normalized spacial score (nSPS) is 19.6. The summed E-state index contributed by atoms with van der Waals surface area (Å²) in [5, 5.41) is 0. The van der Waals surface area contributed by atoms with E-state index in [1.807, 2.05) is 23.5 Å². The molecule has 0 bridgehead atoms. The van der Waals surface area contributed by atoms with Gasteiger partial charge >= 0.3 is 0 Å². The van der Waals surface area contributed by atoms with E-state index in [-0.39, 0.29) is 5.91 Å². The number of carbonyl (C=O) groups excluding carboxylic acids is 1. The Kier molecular flexibility index (Phi) is 3.42. The number of carbonyl (C=O) groups is 1. The average Bonchev–Trinajstić information content (AvgIpc) is 3.09. The third-order valence-electron chi connectivity index (χ3n) is 3.51. The maximum atomic E-state index is 12.4. The molecular weight excluding hydrogens is 308 g/mol. The lowest BCUT2D eigenvalue weighted by Crippen LogP contribution is -2.40. The number of piperidine rings is 1. The van der Waals surface area contributed by atoms with Gasteiger partial charge in [-0.1, -0.05) is 0 Å². The Balaban J connectivity index is 1.73. The van der Waals surface area contributed by atoms with Crippen molar-refractivity contribution in [1.82, 2.24) is 19.4 Å². The van der Waals surface area contributed by atoms with Crippen molar-refractivity contribution in [2.24, 2.45) is 0 Å². The van der Waals surface area contributed by atoms with Gasteiger partial charge < -0.3 is 14.5 Å². The molecule has 6 heteroatoms. The van der Waals surface area contributed by atoms with Crippen LogP contribution < -0.4 is 0 Å². The van der Waals surface area contributed by atoms with Gasteiger partial charge in [-0.25, -0.2) is 4.98 Å². The van der Waals surface area contributed by atoms with Gasteiger partial charge in [-0.3, -0.25) is 4.79 Å². The maximum Gasteiger partial charge on any atom is 0.270 e. The first-order chi connectivity index (χ1) is 9.24. The summed E-state index contributed by atoms with van der Waals surface area (Å²) < 4.78 is 2.99. The molecule has 2 aromatic rings. The molecule has 2 aromatic heterocycles. The minimum absolute atomic E-state index is 0.0653. The number of nitrogens with one attached hydrogen (secondary N) is 1. The average molecular weight is 323 g/mol. The molecule has 1 saturated heterocycles. The summed E-state index contributed by atoms with van der Waals surface area (Å²) in [6, 6.07) is 2.15. The molecule has 0 aromatic carbocycles. The third kappa shape index (κ3) is 2.58. The molecule has 3 heterocycles. The second-order valence-corrected chi connectivity index (χ2v) is 5.70. The zero-order valence-electron chi connectivity index (χ0n) is 10.4. The molecule has 1 aliphatic rings. The van der Waals surface area contributed by atoms with Crippen LogP contribution in [0, 0.1) is 0 Å². The fourth-order valence-corrected chi connectivity index (χ4v) is 2.87. The largest absolute Gasteiger partial charge is 0.356 e. The Bertz CT molecular complexity index is 563. The van der Waals surface area contributed by atoms with E-state index in [1.54, 1.807) is 12.4 Å². The minimum atomic E-state index is 0.0653. The van der Waals surface area contributed by atoms with Crippen molar-refractivity contribution in [3.8, 4) is 0 Å². The summed E-state index contributed by atoms with van der Waals surface area (Å²) in [7, 11) is 0. The monoisotopic (exact) mass is 322 g/mol. The van der Waals surface area contributed by atoms with Crippen molar-refractivity contribution < 1.29 is 4.79 Å². The van der Waals surface area contributed by atoms with E-state index in [0.29, 0.717) is 11.7 Å². The SMILES string of the molecule is O=C(c1cc(Br)c[nH]1)N1CCCC(n2ccnc2)C1. The van der Waals surface area contributed by atoms with E-state index in [1.165, 1.54) is 0 Å². The Hall–Kier alpha value is -1.56. The Morgan fingerprint density at radius 3 is 3.11 bits per heavy atom. The summed E-state index contributed by atoms with van der Waals surface area (Å²) in [6.45, 7) is 1.56. The standard InChI is InChI=1S/C13H15BrN4O/c14-10-6-12(16-7-10)13(19)17-4-1-2-11(8-17)18-5-3-15-9-18/h3,5-7,9,11,16H,1-2,4,8H2. The predicted octanol–water partition coefficient (Wildman–Crippen LogP) is 2.45. The first-order valence-electron chi connectivity index (χ1n) is 6.34. The molecule has 3 rings (SSSR count). The highest BCUT2D eigenvalue weighted by molar-refractivity contribution is 9.10. The topological polar surface area (TPSA) is 53.9 Å². The number of H-pyrrole nitrogens is 1. The lowest BCUT2D eigenvalue weighted by molar-refractivity contribution is 0.0674. The number of amides is 1. The van der Waals surface area contributed by atoms with Crippen LogP contribution in [0.2, 0.25) is 0 Å². The van der Waals surface area contributed by atoms with Crippen LogP contribution >= 0.6 is 15.9 Å². The fraction of sp³-hybridized carbons (Fsp3) is 0.385. The Morgan fingerprint density at radius 1 is 1.53 bits per heavy atom. The number of rotatable bonds is 2. The second-order valence-electron chi connectivity index (χ2n) is 4.79. The Labute approximate surface area is 119 Å². The lowest BCUT2D eigenvalue weighted by atomic mass is 10.1. The molecule has 1 atom stereocenters.